The van der Waals surface area contributed by atoms with E-state index in [2.05, 4.69) is 5.32 Å². The van der Waals surface area contributed by atoms with Gasteiger partial charge in [0.2, 0.25) is 5.91 Å². The molecule has 0 radical (unpaired) electrons. The average Bonchev–Trinajstić information content (AvgIpc) is 2.21. The Kier molecular flexibility index (Phi) is 8.57. The van der Waals surface area contributed by atoms with Crippen LogP contribution in [0.5, 0.6) is 0 Å². The number of hydrogen-bond donors (Lipinski definition) is 1. The van der Waals surface area contributed by atoms with Crippen LogP contribution < -0.4 is 5.32 Å². The first kappa shape index (κ1) is 13.4. The molecule has 0 rings (SSSR count). The zero-order chi connectivity index (χ0) is 10.8. The molecule has 84 valence electrons. The van der Waals surface area contributed by atoms with Gasteiger partial charge in [-0.25, -0.2) is 0 Å². The van der Waals surface area contributed by atoms with Crippen LogP contribution in [0.3, 0.4) is 0 Å². The maximum atomic E-state index is 11.6. The highest BCUT2D eigenvalue weighted by atomic mass is 16.5. The molecule has 0 aromatic heterocycles. The van der Waals surface area contributed by atoms with Crippen molar-refractivity contribution in [2.45, 2.75) is 20.3 Å². The Morgan fingerprint density at radius 2 is 2.14 bits per heavy atom. The van der Waals surface area contributed by atoms with E-state index in [9.17, 15) is 4.79 Å². The van der Waals surface area contributed by atoms with Crippen molar-refractivity contribution in [1.82, 2.24) is 10.2 Å². The third-order valence-electron chi connectivity index (χ3n) is 2.03. The number of rotatable bonds is 8. The second-order valence-corrected chi connectivity index (χ2v) is 3.02. The third-order valence-corrected chi connectivity index (χ3v) is 2.03. The molecule has 4 nitrogen and oxygen atoms in total. The lowest BCUT2D eigenvalue weighted by Crippen LogP contribution is -2.35. The van der Waals surface area contributed by atoms with Gasteiger partial charge in [-0.3, -0.25) is 4.79 Å². The van der Waals surface area contributed by atoms with E-state index in [1.165, 1.54) is 0 Å². The van der Waals surface area contributed by atoms with Crippen LogP contribution in [0.15, 0.2) is 0 Å². The predicted molar refractivity (Wildman–Crippen MR) is 57.3 cm³/mol. The van der Waals surface area contributed by atoms with Gasteiger partial charge < -0.3 is 15.0 Å². The molecule has 0 aromatic rings. The van der Waals surface area contributed by atoms with Crippen molar-refractivity contribution in [3.05, 3.63) is 0 Å². The number of nitrogens with one attached hydrogen (secondary N) is 1. The molecule has 0 unspecified atom stereocenters. The lowest BCUT2D eigenvalue weighted by atomic mass is 10.3. The molecule has 0 aliphatic carbocycles. The Hall–Kier alpha value is -0.610. The molecule has 0 spiro atoms. The van der Waals surface area contributed by atoms with Crippen LogP contribution in [-0.4, -0.2) is 50.7 Å². The molecule has 0 aliphatic rings. The van der Waals surface area contributed by atoms with Crippen LogP contribution in [0.25, 0.3) is 0 Å². The van der Waals surface area contributed by atoms with E-state index in [0.717, 1.165) is 13.1 Å². The predicted octanol–water partition coefficient (Wildman–Crippen LogP) is 0.481. The summed E-state index contributed by atoms with van der Waals surface area (Å²) in [4.78, 5) is 13.4. The van der Waals surface area contributed by atoms with Gasteiger partial charge in [-0.1, -0.05) is 0 Å². The molecule has 0 saturated carbocycles. The number of ether oxygens (including phenoxy) is 1. The standard InChI is InChI=1S/C10H22N2O2/c1-4-12(8-9-14-5-2)10(13)6-7-11-3/h11H,4-9H2,1-3H3. The molecule has 1 amide bonds. The molecular weight excluding hydrogens is 180 g/mol. The Balaban J connectivity index is 3.69. The Labute approximate surface area is 86.6 Å². The summed E-state index contributed by atoms with van der Waals surface area (Å²) in [5.74, 6) is 0.196. The summed E-state index contributed by atoms with van der Waals surface area (Å²) >= 11 is 0. The Bertz CT molecular complexity index is 151. The van der Waals surface area contributed by atoms with Crippen LogP contribution in [-0.2, 0) is 9.53 Å². The molecule has 0 aromatic carbocycles. The molecule has 0 atom stereocenters. The number of amides is 1. The highest BCUT2D eigenvalue weighted by Crippen LogP contribution is 1.93. The van der Waals surface area contributed by atoms with Gasteiger partial charge >= 0.3 is 0 Å². The van der Waals surface area contributed by atoms with E-state index in [1.807, 2.05) is 25.8 Å². The maximum Gasteiger partial charge on any atom is 0.223 e. The summed E-state index contributed by atoms with van der Waals surface area (Å²) in [5, 5.41) is 2.97. The van der Waals surface area contributed by atoms with Crippen molar-refractivity contribution in [2.75, 3.05) is 39.9 Å². The monoisotopic (exact) mass is 202 g/mol. The quantitative estimate of drug-likeness (QED) is 0.582. The highest BCUT2D eigenvalue weighted by Gasteiger charge is 2.09. The van der Waals surface area contributed by atoms with Crippen LogP contribution in [0.2, 0.25) is 0 Å². The van der Waals surface area contributed by atoms with Crippen LogP contribution in [0.1, 0.15) is 20.3 Å². The van der Waals surface area contributed by atoms with Crippen molar-refractivity contribution in [3.63, 3.8) is 0 Å². The Morgan fingerprint density at radius 3 is 2.64 bits per heavy atom. The fraction of sp³-hybridized carbons (Fsp3) is 0.900. The SMILES string of the molecule is CCOCCN(CC)C(=O)CCNC. The summed E-state index contributed by atoms with van der Waals surface area (Å²) in [5.41, 5.74) is 0. The van der Waals surface area contributed by atoms with Gasteiger partial charge in [0.05, 0.1) is 6.61 Å². The Morgan fingerprint density at radius 1 is 1.43 bits per heavy atom. The fourth-order valence-corrected chi connectivity index (χ4v) is 1.17. The van der Waals surface area contributed by atoms with Gasteiger partial charge in [0.15, 0.2) is 0 Å². The number of carbonyl (C=O) groups excluding carboxylic acids is 1. The number of carbonyl (C=O) groups is 1. The summed E-state index contributed by atoms with van der Waals surface area (Å²) in [6, 6.07) is 0. The van der Waals surface area contributed by atoms with Gasteiger partial charge in [-0.05, 0) is 20.9 Å². The lowest BCUT2D eigenvalue weighted by molar-refractivity contribution is -0.131. The minimum absolute atomic E-state index is 0.196. The summed E-state index contributed by atoms with van der Waals surface area (Å²) in [7, 11) is 1.85. The van der Waals surface area contributed by atoms with E-state index in [1.54, 1.807) is 0 Å². The van der Waals surface area contributed by atoms with Crippen molar-refractivity contribution in [2.24, 2.45) is 0 Å². The van der Waals surface area contributed by atoms with E-state index < -0.39 is 0 Å². The van der Waals surface area contributed by atoms with E-state index in [4.69, 9.17) is 4.74 Å². The topological polar surface area (TPSA) is 41.6 Å². The van der Waals surface area contributed by atoms with Crippen molar-refractivity contribution in [1.29, 1.82) is 0 Å². The van der Waals surface area contributed by atoms with E-state index in [0.29, 0.717) is 26.2 Å². The molecule has 4 heteroatoms. The summed E-state index contributed by atoms with van der Waals surface area (Å²) in [6.45, 7) is 7.49. The van der Waals surface area contributed by atoms with Crippen LogP contribution in [0, 0.1) is 0 Å². The van der Waals surface area contributed by atoms with Gasteiger partial charge in [0.25, 0.3) is 0 Å². The zero-order valence-corrected chi connectivity index (χ0v) is 9.51. The minimum Gasteiger partial charge on any atom is -0.380 e. The fourth-order valence-electron chi connectivity index (χ4n) is 1.17. The molecule has 0 aliphatic heterocycles. The first-order chi connectivity index (χ1) is 6.76. The van der Waals surface area contributed by atoms with E-state index in [-0.39, 0.29) is 5.91 Å². The molecule has 0 fully saturated rings. The van der Waals surface area contributed by atoms with Gasteiger partial charge in [-0.2, -0.15) is 0 Å². The van der Waals surface area contributed by atoms with Crippen molar-refractivity contribution >= 4 is 5.91 Å². The van der Waals surface area contributed by atoms with Crippen LogP contribution >= 0.6 is 0 Å². The minimum atomic E-state index is 0.196. The molecule has 0 saturated heterocycles. The second kappa shape index (κ2) is 8.97. The molecule has 14 heavy (non-hydrogen) atoms. The van der Waals surface area contributed by atoms with Gasteiger partial charge in [-0.15, -0.1) is 0 Å². The maximum absolute atomic E-state index is 11.6. The molecular formula is C10H22N2O2. The molecule has 0 heterocycles. The number of likely N-dealkylation sites (N-methyl/N-ethyl adjacent to an activating group) is 1. The number of nitrogens with zero attached hydrogens (tertiary/aromatic N) is 1. The van der Waals surface area contributed by atoms with Crippen molar-refractivity contribution in [3.8, 4) is 0 Å². The number of hydrogen-bond acceptors (Lipinski definition) is 3. The first-order valence-corrected chi connectivity index (χ1v) is 5.26. The van der Waals surface area contributed by atoms with Gasteiger partial charge in [0.1, 0.15) is 0 Å². The zero-order valence-electron chi connectivity index (χ0n) is 9.51. The highest BCUT2D eigenvalue weighted by molar-refractivity contribution is 5.76. The first-order valence-electron chi connectivity index (χ1n) is 5.26. The van der Waals surface area contributed by atoms with Crippen molar-refractivity contribution < 1.29 is 9.53 Å². The normalized spacial score (nSPS) is 10.2. The lowest BCUT2D eigenvalue weighted by Gasteiger charge is -2.20. The summed E-state index contributed by atoms with van der Waals surface area (Å²) < 4.78 is 5.21. The third kappa shape index (κ3) is 5.94. The molecule has 1 N–H and O–H groups in total. The van der Waals surface area contributed by atoms with E-state index >= 15 is 0 Å². The smallest absolute Gasteiger partial charge is 0.223 e. The second-order valence-electron chi connectivity index (χ2n) is 3.02. The van der Waals surface area contributed by atoms with Crippen LogP contribution in [0.4, 0.5) is 0 Å². The van der Waals surface area contributed by atoms with Gasteiger partial charge in [0, 0.05) is 32.7 Å². The summed E-state index contributed by atoms with van der Waals surface area (Å²) in [6.07, 6.45) is 0.566. The largest absolute Gasteiger partial charge is 0.380 e. The average molecular weight is 202 g/mol. The molecule has 0 bridgehead atoms.